The van der Waals surface area contributed by atoms with E-state index in [-0.39, 0.29) is 17.9 Å². The van der Waals surface area contributed by atoms with Crippen molar-refractivity contribution in [2.45, 2.75) is 18.1 Å². The molecule has 1 aliphatic heterocycles. The van der Waals surface area contributed by atoms with Crippen molar-refractivity contribution in [2.24, 2.45) is 29.4 Å². The van der Waals surface area contributed by atoms with Crippen LogP contribution in [0.15, 0.2) is 36.4 Å². The molecule has 6 rings (SSSR count). The molecule has 11 heteroatoms. The van der Waals surface area contributed by atoms with Crippen LogP contribution >= 0.6 is 0 Å². The molecular formula is C27H22N2O9. The van der Waals surface area contributed by atoms with Crippen molar-refractivity contribution in [3.8, 4) is 11.5 Å². The van der Waals surface area contributed by atoms with Crippen LogP contribution < -0.4 is 15.8 Å². The summed E-state index contributed by atoms with van der Waals surface area (Å²) in [6, 6.07) is 9.56. The number of aromatic hydroxyl groups is 1. The maximum atomic E-state index is 13.8. The third-order valence-electron chi connectivity index (χ3n) is 8.06. The summed E-state index contributed by atoms with van der Waals surface area (Å²) < 4.78 is 5.53. The molecular weight excluding hydrogens is 496 g/mol. The lowest BCUT2D eigenvalue weighted by molar-refractivity contribution is -0.185. The highest BCUT2D eigenvalue weighted by atomic mass is 16.5. The molecule has 0 spiro atoms. The Bertz CT molecular complexity index is 1510. The maximum absolute atomic E-state index is 13.8. The fraction of sp³-hybridized carbons (Fsp3) is 0.296. The van der Waals surface area contributed by atoms with Crippen molar-refractivity contribution in [3.63, 3.8) is 0 Å². The van der Waals surface area contributed by atoms with Gasteiger partial charge in [0.1, 0.15) is 11.5 Å². The molecule has 38 heavy (non-hydrogen) atoms. The number of primary amides is 1. The number of ketones is 4. The summed E-state index contributed by atoms with van der Waals surface area (Å²) in [7, 11) is 0. The van der Waals surface area contributed by atoms with E-state index in [1.54, 1.807) is 30.3 Å². The Balaban J connectivity index is 1.56. The Kier molecular flexibility index (Phi) is 5.10. The number of benzene rings is 2. The SMILES string of the molecule is NC(=O)C1C(=O)C[C@@H]2[C@@H](O)[C@@H]3C(=Cc4ccc5c(c4)OCN5)c4cccc(O)c4C(=O)C3C(=O)[C@]2(O)C1=O. The summed E-state index contributed by atoms with van der Waals surface area (Å²) in [5.41, 5.74) is 3.94. The van der Waals surface area contributed by atoms with Gasteiger partial charge >= 0.3 is 0 Å². The van der Waals surface area contributed by atoms with Crippen LogP contribution in [0.25, 0.3) is 11.6 Å². The molecule has 1 heterocycles. The van der Waals surface area contributed by atoms with Gasteiger partial charge in [0, 0.05) is 18.3 Å². The zero-order valence-electron chi connectivity index (χ0n) is 19.7. The number of rotatable bonds is 2. The number of fused-ring (bicyclic) bond motifs is 4. The Morgan fingerprint density at radius 1 is 1.13 bits per heavy atom. The largest absolute Gasteiger partial charge is 0.507 e. The molecule has 2 fully saturated rings. The van der Waals surface area contributed by atoms with Crippen LogP contribution in [-0.4, -0.2) is 62.8 Å². The second-order valence-electron chi connectivity index (χ2n) is 9.99. The topological polar surface area (TPSA) is 193 Å². The molecule has 11 nitrogen and oxygen atoms in total. The van der Waals surface area contributed by atoms with Crippen LogP contribution in [0.3, 0.4) is 0 Å². The Morgan fingerprint density at radius 3 is 2.63 bits per heavy atom. The van der Waals surface area contributed by atoms with Crippen molar-refractivity contribution >= 4 is 46.4 Å². The van der Waals surface area contributed by atoms with Gasteiger partial charge in [0.15, 0.2) is 41.4 Å². The predicted molar refractivity (Wildman–Crippen MR) is 130 cm³/mol. The Labute approximate surface area is 214 Å². The molecule has 0 aromatic heterocycles. The van der Waals surface area contributed by atoms with Gasteiger partial charge in [0.2, 0.25) is 5.91 Å². The van der Waals surface area contributed by atoms with Crippen LogP contribution in [0.5, 0.6) is 11.5 Å². The molecule has 194 valence electrons. The smallest absolute Gasteiger partial charge is 0.235 e. The number of carbonyl (C=O) groups excluding carboxylic acids is 5. The van der Waals surface area contributed by atoms with Crippen molar-refractivity contribution in [3.05, 3.63) is 53.1 Å². The quantitative estimate of drug-likeness (QED) is 0.339. The monoisotopic (exact) mass is 518 g/mol. The van der Waals surface area contributed by atoms with E-state index in [9.17, 15) is 39.3 Å². The van der Waals surface area contributed by atoms with Crippen molar-refractivity contribution < 1.29 is 44.0 Å². The lowest BCUT2D eigenvalue weighted by Crippen LogP contribution is -2.72. The number of carbonyl (C=O) groups is 5. The zero-order valence-corrected chi connectivity index (χ0v) is 19.7. The van der Waals surface area contributed by atoms with Crippen LogP contribution in [0, 0.1) is 23.7 Å². The Hall–Kier alpha value is -4.35. The van der Waals surface area contributed by atoms with E-state index in [1.165, 1.54) is 12.1 Å². The molecule has 6 atom stereocenters. The van der Waals surface area contributed by atoms with Gasteiger partial charge in [-0.3, -0.25) is 24.0 Å². The number of aliphatic hydroxyl groups is 2. The van der Waals surface area contributed by atoms with E-state index in [4.69, 9.17) is 10.5 Å². The number of phenols is 1. The normalized spacial score (nSPS) is 32.6. The number of ether oxygens (including phenoxy) is 1. The fourth-order valence-electron chi connectivity index (χ4n) is 6.30. The molecule has 2 saturated carbocycles. The van der Waals surface area contributed by atoms with Crippen LogP contribution in [0.4, 0.5) is 5.69 Å². The minimum Gasteiger partial charge on any atom is -0.507 e. The lowest BCUT2D eigenvalue weighted by Gasteiger charge is -2.51. The Morgan fingerprint density at radius 2 is 1.89 bits per heavy atom. The third kappa shape index (κ3) is 3.06. The molecule has 3 aliphatic carbocycles. The molecule has 2 aromatic rings. The summed E-state index contributed by atoms with van der Waals surface area (Å²) in [5.74, 6) is -12.4. The van der Waals surface area contributed by atoms with E-state index < -0.39 is 76.6 Å². The van der Waals surface area contributed by atoms with Gasteiger partial charge in [-0.25, -0.2) is 0 Å². The molecule has 0 radical (unpaired) electrons. The van der Waals surface area contributed by atoms with Gasteiger partial charge < -0.3 is 31.1 Å². The average molecular weight is 518 g/mol. The average Bonchev–Trinajstić information content (AvgIpc) is 3.34. The van der Waals surface area contributed by atoms with Gasteiger partial charge in [0.05, 0.1) is 23.3 Å². The number of phenolic OH excluding ortho intramolecular Hbond substituents is 1. The molecule has 0 saturated heterocycles. The van der Waals surface area contributed by atoms with E-state index in [1.807, 2.05) is 0 Å². The first kappa shape index (κ1) is 24.0. The first-order chi connectivity index (χ1) is 18.1. The van der Waals surface area contributed by atoms with Crippen LogP contribution in [0.1, 0.15) is 27.9 Å². The molecule has 2 aromatic carbocycles. The summed E-state index contributed by atoms with van der Waals surface area (Å²) in [6.45, 7) is 0.285. The van der Waals surface area contributed by atoms with Gasteiger partial charge in [-0.15, -0.1) is 0 Å². The van der Waals surface area contributed by atoms with Crippen molar-refractivity contribution in [1.29, 1.82) is 0 Å². The molecule has 1 amide bonds. The van der Waals surface area contributed by atoms with Crippen molar-refractivity contribution in [2.75, 3.05) is 12.0 Å². The number of aliphatic hydroxyl groups excluding tert-OH is 1. The molecule has 0 bridgehead atoms. The van der Waals surface area contributed by atoms with E-state index in [0.717, 1.165) is 5.69 Å². The first-order valence-corrected chi connectivity index (χ1v) is 12.0. The number of nitrogens with two attached hydrogens (primary N) is 1. The molecule has 6 N–H and O–H groups in total. The van der Waals surface area contributed by atoms with Crippen LogP contribution in [-0.2, 0) is 19.2 Å². The number of Topliss-reactive ketones (excluding diaryl/α,β-unsaturated/α-hetero) is 4. The minimum absolute atomic E-state index is 0.201. The highest BCUT2D eigenvalue weighted by Crippen LogP contribution is 2.54. The second-order valence-corrected chi connectivity index (χ2v) is 9.99. The van der Waals surface area contributed by atoms with Crippen molar-refractivity contribution in [1.82, 2.24) is 0 Å². The summed E-state index contributed by atoms with van der Waals surface area (Å²) in [6.07, 6.45) is -0.745. The number of anilines is 1. The number of hydrogen-bond acceptors (Lipinski definition) is 10. The van der Waals surface area contributed by atoms with Gasteiger partial charge in [0.25, 0.3) is 0 Å². The third-order valence-corrected chi connectivity index (χ3v) is 8.06. The second kappa shape index (κ2) is 8.07. The van der Waals surface area contributed by atoms with E-state index >= 15 is 0 Å². The maximum Gasteiger partial charge on any atom is 0.235 e. The molecule has 4 aliphatic rings. The fourth-order valence-corrected chi connectivity index (χ4v) is 6.30. The van der Waals surface area contributed by atoms with E-state index in [2.05, 4.69) is 5.32 Å². The number of amides is 1. The minimum atomic E-state index is -2.98. The lowest BCUT2D eigenvalue weighted by atomic mass is 9.51. The first-order valence-electron chi connectivity index (χ1n) is 12.0. The van der Waals surface area contributed by atoms with Gasteiger partial charge in [-0.1, -0.05) is 24.3 Å². The highest BCUT2D eigenvalue weighted by molar-refractivity contribution is 6.32. The number of hydrogen-bond donors (Lipinski definition) is 5. The van der Waals surface area contributed by atoms with E-state index in [0.29, 0.717) is 16.9 Å². The molecule has 2 unspecified atom stereocenters. The number of nitrogens with one attached hydrogen (secondary N) is 1. The predicted octanol–water partition coefficient (Wildman–Crippen LogP) is 0.0576. The highest BCUT2D eigenvalue weighted by Gasteiger charge is 2.69. The van der Waals surface area contributed by atoms with Gasteiger partial charge in [-0.05, 0) is 34.9 Å². The zero-order chi connectivity index (χ0) is 27.1. The summed E-state index contributed by atoms with van der Waals surface area (Å²) in [4.78, 5) is 65.1. The van der Waals surface area contributed by atoms with Crippen LogP contribution in [0.2, 0.25) is 0 Å². The van der Waals surface area contributed by atoms with Gasteiger partial charge in [-0.2, -0.15) is 0 Å². The standard InChI is InChI=1S/C27H22N2O9/c28-26(36)20-16(31)8-13-22(32)19-12(6-10-4-5-14-17(7-10)38-9-29-14)11-2-1-3-15(30)18(11)23(33)21(19)25(35)27(13,37)24(20)34/h1-7,13,19-22,29-30,32,37H,8-9H2,(H2,28,36)/t13-,19-,20?,21?,22-,27-/m1/s1. The summed E-state index contributed by atoms with van der Waals surface area (Å²) >= 11 is 0. The summed E-state index contributed by atoms with van der Waals surface area (Å²) in [5, 5.41) is 36.6.